The number of aromatic nitrogens is 3. The highest BCUT2D eigenvalue weighted by molar-refractivity contribution is 5.84. The number of methoxy groups -OCH3 is 1. The van der Waals surface area contributed by atoms with E-state index in [1.807, 2.05) is 41.1 Å². The first-order chi connectivity index (χ1) is 17.2. The number of aliphatic imine (C=N–C) groups is 1. The minimum atomic E-state index is -0.771. The molecule has 9 heteroatoms. The van der Waals surface area contributed by atoms with Crippen LogP contribution in [0.5, 0.6) is 5.75 Å². The number of nitrogens with one attached hydrogen (secondary N) is 2. The Morgan fingerprint density at radius 3 is 2.89 bits per heavy atom. The molecule has 9 nitrogen and oxygen atoms in total. The average molecular weight is 469 g/mol. The van der Waals surface area contributed by atoms with Gasteiger partial charge in [-0.2, -0.15) is 5.10 Å². The molecule has 2 aromatic heterocycles. The lowest BCUT2D eigenvalue weighted by atomic mass is 10.1. The van der Waals surface area contributed by atoms with Gasteiger partial charge in [0.25, 0.3) is 0 Å². The van der Waals surface area contributed by atoms with Crippen LogP contribution in [-0.4, -0.2) is 39.5 Å². The highest BCUT2D eigenvalue weighted by Gasteiger charge is 2.25. The first-order valence-corrected chi connectivity index (χ1v) is 11.3. The summed E-state index contributed by atoms with van der Waals surface area (Å²) in [5, 5.41) is 22.5. The monoisotopic (exact) mass is 468 g/mol. The minimum Gasteiger partial charge on any atom is -0.491 e. The van der Waals surface area contributed by atoms with Crippen molar-refractivity contribution in [1.29, 1.82) is 0 Å². The lowest BCUT2D eigenvalue weighted by Gasteiger charge is -2.24. The molecule has 6 rings (SSSR count). The number of ether oxygens (including phenoxy) is 2. The van der Waals surface area contributed by atoms with Gasteiger partial charge in [0.2, 0.25) is 6.29 Å². The number of nitrogens with zero attached hydrogens (tertiary/aromatic N) is 4. The van der Waals surface area contributed by atoms with Crippen LogP contribution >= 0.6 is 0 Å². The lowest BCUT2D eigenvalue weighted by molar-refractivity contribution is 0.00212. The van der Waals surface area contributed by atoms with E-state index < -0.39 is 12.5 Å². The number of anilines is 1. The third kappa shape index (κ3) is 4.06. The van der Waals surface area contributed by atoms with Crippen LogP contribution in [0, 0.1) is 0 Å². The summed E-state index contributed by atoms with van der Waals surface area (Å²) < 4.78 is 13.0. The topological polar surface area (TPSA) is 106 Å². The predicted octanol–water partition coefficient (Wildman–Crippen LogP) is 3.33. The molecule has 0 radical (unpaired) electrons. The summed E-state index contributed by atoms with van der Waals surface area (Å²) in [6.45, 7) is 0.560. The van der Waals surface area contributed by atoms with E-state index in [0.717, 1.165) is 39.2 Å². The molecule has 0 bridgehead atoms. The van der Waals surface area contributed by atoms with Crippen molar-refractivity contribution in [2.45, 2.75) is 25.4 Å². The lowest BCUT2D eigenvalue weighted by Crippen LogP contribution is -2.30. The molecular formula is C26H24N6O3. The second-order valence-electron chi connectivity index (χ2n) is 8.41. The number of benzene rings is 2. The van der Waals surface area contributed by atoms with Crippen molar-refractivity contribution in [3.63, 3.8) is 0 Å². The van der Waals surface area contributed by atoms with Gasteiger partial charge in [-0.3, -0.25) is 14.7 Å². The van der Waals surface area contributed by atoms with Gasteiger partial charge in [-0.15, -0.1) is 0 Å². The molecule has 2 aliphatic heterocycles. The molecule has 0 amide bonds. The van der Waals surface area contributed by atoms with Crippen LogP contribution < -0.4 is 15.4 Å². The number of rotatable bonds is 6. The van der Waals surface area contributed by atoms with Crippen molar-refractivity contribution >= 4 is 22.8 Å². The molecule has 4 aromatic rings. The molecule has 176 valence electrons. The van der Waals surface area contributed by atoms with E-state index in [9.17, 15) is 5.11 Å². The van der Waals surface area contributed by atoms with Crippen LogP contribution in [0.4, 0.5) is 5.69 Å². The SMILES string of the molecule is COC1=C(Nc2ccncc2)NC(c2nn(Cc3ccc4c(c3)OC(O)C4)c3ccccc23)N=C1. The number of pyridine rings is 1. The highest BCUT2D eigenvalue weighted by atomic mass is 16.6. The Labute approximate surface area is 201 Å². The standard InChI is InChI=1S/C26H24N6O3/c1-34-22-14-28-26(30-25(22)29-18-8-10-27-11-9-18)24-19-4-2-3-5-20(19)32(31-24)15-16-6-7-17-13-23(33)35-21(17)12-16/h2-12,14,23,26,30,33H,13,15H2,1H3,(H,27,29). The van der Waals surface area contributed by atoms with Crippen molar-refractivity contribution in [3.8, 4) is 5.75 Å². The maximum Gasteiger partial charge on any atom is 0.201 e. The second-order valence-corrected chi connectivity index (χ2v) is 8.41. The summed E-state index contributed by atoms with van der Waals surface area (Å²) in [5.41, 5.74) is 4.76. The highest BCUT2D eigenvalue weighted by Crippen LogP contribution is 2.31. The van der Waals surface area contributed by atoms with Gasteiger partial charge in [0.1, 0.15) is 11.4 Å². The largest absolute Gasteiger partial charge is 0.491 e. The maximum absolute atomic E-state index is 9.79. The molecule has 0 saturated carbocycles. The van der Waals surface area contributed by atoms with Crippen LogP contribution in [-0.2, 0) is 17.7 Å². The van der Waals surface area contributed by atoms with Crippen molar-refractivity contribution in [2.75, 3.05) is 12.4 Å². The molecule has 0 aliphatic carbocycles. The van der Waals surface area contributed by atoms with Crippen LogP contribution in [0.1, 0.15) is 23.0 Å². The van der Waals surface area contributed by atoms with E-state index in [0.29, 0.717) is 24.5 Å². The van der Waals surface area contributed by atoms with Crippen molar-refractivity contribution in [3.05, 3.63) is 95.4 Å². The summed E-state index contributed by atoms with van der Waals surface area (Å²) in [5.74, 6) is 2.03. The molecule has 0 saturated heterocycles. The zero-order valence-electron chi connectivity index (χ0n) is 19.0. The molecule has 2 aliphatic rings. The zero-order valence-corrected chi connectivity index (χ0v) is 19.0. The molecular weight excluding hydrogens is 444 g/mol. The Morgan fingerprint density at radius 1 is 1.17 bits per heavy atom. The number of hydrogen-bond donors (Lipinski definition) is 3. The number of fused-ring (bicyclic) bond motifs is 2. The third-order valence-corrected chi connectivity index (χ3v) is 6.10. The van der Waals surface area contributed by atoms with Gasteiger partial charge < -0.3 is 25.2 Å². The number of allylic oxidation sites excluding steroid dienone is 1. The second kappa shape index (κ2) is 8.77. The fourth-order valence-corrected chi connectivity index (χ4v) is 4.42. The van der Waals surface area contributed by atoms with Gasteiger partial charge in [0.15, 0.2) is 17.7 Å². The number of hydrogen-bond acceptors (Lipinski definition) is 8. The van der Waals surface area contributed by atoms with E-state index >= 15 is 0 Å². The summed E-state index contributed by atoms with van der Waals surface area (Å²) in [7, 11) is 1.61. The van der Waals surface area contributed by atoms with Crippen molar-refractivity contribution < 1.29 is 14.6 Å². The van der Waals surface area contributed by atoms with Crippen LogP contribution in [0.15, 0.2) is 83.6 Å². The van der Waals surface area contributed by atoms with Gasteiger partial charge >= 0.3 is 0 Å². The van der Waals surface area contributed by atoms with E-state index in [1.54, 1.807) is 25.7 Å². The first kappa shape index (κ1) is 21.2. The number of aliphatic hydroxyl groups is 1. The van der Waals surface area contributed by atoms with Gasteiger partial charge in [0.05, 0.1) is 25.4 Å². The van der Waals surface area contributed by atoms with Gasteiger partial charge in [-0.05, 0) is 29.8 Å². The quantitative estimate of drug-likeness (QED) is 0.399. The normalized spacial score (nSPS) is 18.8. The fraction of sp³-hybridized carbons (Fsp3) is 0.192. The molecule has 0 spiro atoms. The van der Waals surface area contributed by atoms with Crippen LogP contribution in [0.25, 0.3) is 10.9 Å². The smallest absolute Gasteiger partial charge is 0.201 e. The van der Waals surface area contributed by atoms with Gasteiger partial charge in [-0.25, -0.2) is 0 Å². The third-order valence-electron chi connectivity index (χ3n) is 6.10. The minimum absolute atomic E-state index is 0.400. The Hall–Kier alpha value is -4.37. The Kier molecular flexibility index (Phi) is 5.31. The Morgan fingerprint density at radius 2 is 2.03 bits per heavy atom. The number of para-hydroxylation sites is 1. The molecule has 2 atom stereocenters. The summed E-state index contributed by atoms with van der Waals surface area (Å²) in [4.78, 5) is 8.74. The van der Waals surface area contributed by atoms with Gasteiger partial charge in [-0.1, -0.05) is 30.3 Å². The van der Waals surface area contributed by atoms with E-state index in [4.69, 9.17) is 14.6 Å². The summed E-state index contributed by atoms with van der Waals surface area (Å²) >= 11 is 0. The van der Waals surface area contributed by atoms with Gasteiger partial charge in [0, 0.05) is 35.5 Å². The van der Waals surface area contributed by atoms with E-state index in [1.165, 1.54) is 0 Å². The molecule has 2 aromatic carbocycles. The molecule has 0 fully saturated rings. The van der Waals surface area contributed by atoms with Crippen LogP contribution in [0.3, 0.4) is 0 Å². The summed E-state index contributed by atoms with van der Waals surface area (Å²) in [6, 6.07) is 17.9. The van der Waals surface area contributed by atoms with E-state index in [2.05, 4.69) is 38.8 Å². The maximum atomic E-state index is 9.79. The number of aliphatic hydroxyl groups excluding tert-OH is 1. The predicted molar refractivity (Wildman–Crippen MR) is 132 cm³/mol. The first-order valence-electron chi connectivity index (χ1n) is 11.3. The Balaban J connectivity index is 1.31. The fourth-order valence-electron chi connectivity index (χ4n) is 4.42. The van der Waals surface area contributed by atoms with Crippen LogP contribution in [0.2, 0.25) is 0 Å². The average Bonchev–Trinajstić information content (AvgIpc) is 3.44. The zero-order chi connectivity index (χ0) is 23.8. The van der Waals surface area contributed by atoms with Crippen molar-refractivity contribution in [1.82, 2.24) is 20.1 Å². The van der Waals surface area contributed by atoms with Crippen molar-refractivity contribution in [2.24, 2.45) is 4.99 Å². The van der Waals surface area contributed by atoms with E-state index in [-0.39, 0.29) is 0 Å². The molecule has 3 N–H and O–H groups in total. The Bertz CT molecular complexity index is 1450. The molecule has 4 heterocycles. The summed E-state index contributed by atoms with van der Waals surface area (Å²) in [6.07, 6.45) is 4.51. The molecule has 2 unspecified atom stereocenters. The molecule has 35 heavy (non-hydrogen) atoms.